The molecule has 104 valence electrons. The predicted molar refractivity (Wildman–Crippen MR) is 72.4 cm³/mol. The molecule has 0 saturated carbocycles. The van der Waals surface area contributed by atoms with Crippen LogP contribution in [0.3, 0.4) is 0 Å². The minimum atomic E-state index is -1.37. The van der Waals surface area contributed by atoms with Gasteiger partial charge in [0, 0.05) is 19.3 Å². The summed E-state index contributed by atoms with van der Waals surface area (Å²) in [6.45, 7) is 0.499. The number of hydrogen-bond acceptors (Lipinski definition) is 2. The Morgan fingerprint density at radius 2 is 2.37 bits per heavy atom. The number of carbonyl (C=O) groups excluding carboxylic acids is 1. The van der Waals surface area contributed by atoms with Crippen LogP contribution in [-0.4, -0.2) is 34.1 Å². The van der Waals surface area contributed by atoms with Crippen molar-refractivity contribution in [1.29, 1.82) is 0 Å². The van der Waals surface area contributed by atoms with Gasteiger partial charge in [-0.15, -0.1) is 0 Å². The molecule has 2 atom stereocenters. The highest BCUT2D eigenvalue weighted by atomic mass is 35.5. The van der Waals surface area contributed by atoms with E-state index in [2.05, 4.69) is 10.0 Å². The van der Waals surface area contributed by atoms with Gasteiger partial charge in [-0.05, 0) is 24.6 Å². The number of nitrogens with zero attached hydrogens (tertiary/aromatic N) is 1. The van der Waals surface area contributed by atoms with Crippen molar-refractivity contribution >= 4 is 34.4 Å². The van der Waals surface area contributed by atoms with Gasteiger partial charge in [-0.1, -0.05) is 11.6 Å². The molecule has 1 aromatic rings. The maximum Gasteiger partial charge on any atom is 0.242 e. The molecule has 0 aromatic heterocycles. The molecular weight excluding hydrogens is 293 g/mol. The summed E-state index contributed by atoms with van der Waals surface area (Å²) in [4.78, 5) is 12.1. The largest absolute Gasteiger partial charge is 0.325 e. The average molecular weight is 306 g/mol. The van der Waals surface area contributed by atoms with Crippen molar-refractivity contribution in [2.75, 3.05) is 18.9 Å². The highest BCUT2D eigenvalue weighted by Crippen LogP contribution is 2.20. The molecule has 1 aromatic carbocycles. The number of rotatable bonds is 2. The van der Waals surface area contributed by atoms with E-state index in [1.807, 2.05) is 0 Å². The topological polar surface area (TPSA) is 61.4 Å². The van der Waals surface area contributed by atoms with E-state index < -0.39 is 23.0 Å². The molecule has 1 aliphatic heterocycles. The van der Waals surface area contributed by atoms with Gasteiger partial charge in [-0.25, -0.2) is 17.6 Å². The van der Waals surface area contributed by atoms with Crippen LogP contribution in [0, 0.1) is 5.82 Å². The summed E-state index contributed by atoms with van der Waals surface area (Å²) in [6.07, 6.45) is 0.545. The van der Waals surface area contributed by atoms with Gasteiger partial charge in [0.1, 0.15) is 11.9 Å². The van der Waals surface area contributed by atoms with Gasteiger partial charge in [0.15, 0.2) is 11.2 Å². The van der Waals surface area contributed by atoms with Crippen molar-refractivity contribution in [3.8, 4) is 0 Å². The van der Waals surface area contributed by atoms with Crippen molar-refractivity contribution in [1.82, 2.24) is 9.03 Å². The smallest absolute Gasteiger partial charge is 0.242 e. The Kier molecular flexibility index (Phi) is 4.51. The van der Waals surface area contributed by atoms with Crippen molar-refractivity contribution in [3.05, 3.63) is 29.0 Å². The molecule has 0 aliphatic carbocycles. The summed E-state index contributed by atoms with van der Waals surface area (Å²) < 4.78 is 28.7. The van der Waals surface area contributed by atoms with E-state index in [0.717, 1.165) is 0 Å². The van der Waals surface area contributed by atoms with Crippen molar-refractivity contribution < 1.29 is 13.4 Å². The van der Waals surface area contributed by atoms with Gasteiger partial charge < -0.3 is 5.32 Å². The van der Waals surface area contributed by atoms with Gasteiger partial charge in [0.05, 0.1) is 5.02 Å². The lowest BCUT2D eigenvalue weighted by molar-refractivity contribution is -0.119. The molecule has 2 N–H and O–H groups in total. The first-order chi connectivity index (χ1) is 8.99. The molecule has 1 aliphatic rings. The number of carbonyl (C=O) groups is 1. The standard InChI is InChI=1S/C11H13ClFN3O2S/c1-16-10(4-5-14-19(16)18)11(17)15-7-2-3-9(13)8(12)6-7/h2-3,6,10,14H,4-5H2,1H3,(H,15,17)/t10-,19?/m1/s1. The summed E-state index contributed by atoms with van der Waals surface area (Å²) in [7, 11) is 1.60. The molecule has 1 unspecified atom stereocenters. The molecule has 0 radical (unpaired) electrons. The van der Waals surface area contributed by atoms with Gasteiger partial charge in [0.25, 0.3) is 0 Å². The molecule has 0 bridgehead atoms. The van der Waals surface area contributed by atoms with E-state index in [1.165, 1.54) is 22.5 Å². The quantitative estimate of drug-likeness (QED) is 0.865. The van der Waals surface area contributed by atoms with E-state index >= 15 is 0 Å². The summed E-state index contributed by atoms with van der Waals surface area (Å²) in [6, 6.07) is 3.46. The minimum Gasteiger partial charge on any atom is -0.325 e. The Morgan fingerprint density at radius 1 is 1.63 bits per heavy atom. The monoisotopic (exact) mass is 305 g/mol. The maximum absolute atomic E-state index is 13.0. The first kappa shape index (κ1) is 14.4. The minimum absolute atomic E-state index is 0.0555. The second-order valence-electron chi connectivity index (χ2n) is 4.11. The summed E-state index contributed by atoms with van der Waals surface area (Å²) in [5.74, 6) is -0.834. The van der Waals surface area contributed by atoms with Crippen LogP contribution in [0.5, 0.6) is 0 Å². The first-order valence-corrected chi connectivity index (χ1v) is 7.11. The molecular formula is C11H13ClFN3O2S. The molecule has 19 heavy (non-hydrogen) atoms. The van der Waals surface area contributed by atoms with Crippen molar-refractivity contribution in [2.24, 2.45) is 0 Å². The Morgan fingerprint density at radius 3 is 3.05 bits per heavy atom. The Hall–Kier alpha value is -1.02. The molecule has 1 amide bonds. The molecule has 0 spiro atoms. The fraction of sp³-hybridized carbons (Fsp3) is 0.364. The summed E-state index contributed by atoms with van der Waals surface area (Å²) in [5, 5.41) is 2.58. The number of nitrogens with one attached hydrogen (secondary N) is 2. The van der Waals surface area contributed by atoms with E-state index in [9.17, 15) is 13.4 Å². The lowest BCUT2D eigenvalue weighted by atomic mass is 10.2. The van der Waals surface area contributed by atoms with Gasteiger partial charge in [-0.3, -0.25) is 4.79 Å². The van der Waals surface area contributed by atoms with Gasteiger partial charge in [-0.2, -0.15) is 0 Å². The third-order valence-electron chi connectivity index (χ3n) is 2.83. The second kappa shape index (κ2) is 5.96. The number of anilines is 1. The second-order valence-corrected chi connectivity index (χ2v) is 5.88. The van der Waals surface area contributed by atoms with Gasteiger partial charge >= 0.3 is 0 Å². The average Bonchev–Trinajstić information content (AvgIpc) is 2.37. The number of hydrogen-bond donors (Lipinski definition) is 2. The molecule has 1 saturated heterocycles. The summed E-state index contributed by atoms with van der Waals surface area (Å²) >= 11 is 4.27. The third kappa shape index (κ3) is 3.30. The van der Waals surface area contributed by atoms with Crippen LogP contribution in [0.15, 0.2) is 18.2 Å². The van der Waals surface area contributed by atoms with Crippen LogP contribution in [0.25, 0.3) is 0 Å². The highest BCUT2D eigenvalue weighted by Gasteiger charge is 2.30. The fourth-order valence-electron chi connectivity index (χ4n) is 1.78. The van der Waals surface area contributed by atoms with Crippen LogP contribution in [0.1, 0.15) is 6.42 Å². The van der Waals surface area contributed by atoms with Gasteiger partial charge in [0.2, 0.25) is 5.91 Å². The molecule has 2 rings (SSSR count). The molecule has 1 fully saturated rings. The highest BCUT2D eigenvalue weighted by molar-refractivity contribution is 7.80. The zero-order valence-electron chi connectivity index (χ0n) is 10.2. The Labute approximate surface area is 117 Å². The Bertz CT molecular complexity index is 529. The number of likely N-dealkylation sites (N-methyl/N-ethyl adjacent to an activating group) is 1. The zero-order valence-corrected chi connectivity index (χ0v) is 11.7. The zero-order chi connectivity index (χ0) is 14.0. The maximum atomic E-state index is 13.0. The number of halogens is 2. The first-order valence-electron chi connectivity index (χ1n) is 5.63. The van der Waals surface area contributed by atoms with Crippen LogP contribution in [0.4, 0.5) is 10.1 Å². The van der Waals surface area contributed by atoms with Crippen LogP contribution in [-0.2, 0) is 16.0 Å². The van der Waals surface area contributed by atoms with Crippen LogP contribution < -0.4 is 10.0 Å². The van der Waals surface area contributed by atoms with E-state index in [-0.39, 0.29) is 10.9 Å². The van der Waals surface area contributed by atoms with E-state index in [0.29, 0.717) is 18.7 Å². The number of amides is 1. The normalized spacial score (nSPS) is 24.2. The van der Waals surface area contributed by atoms with Crippen LogP contribution >= 0.6 is 11.6 Å². The molecule has 5 nitrogen and oxygen atoms in total. The van der Waals surface area contributed by atoms with Crippen LogP contribution in [0.2, 0.25) is 5.02 Å². The molecule has 1 heterocycles. The lowest BCUT2D eigenvalue weighted by Crippen LogP contribution is -2.51. The third-order valence-corrected chi connectivity index (χ3v) is 4.35. The molecule has 8 heteroatoms. The van der Waals surface area contributed by atoms with E-state index in [4.69, 9.17) is 11.6 Å². The van der Waals surface area contributed by atoms with Crippen molar-refractivity contribution in [3.63, 3.8) is 0 Å². The van der Waals surface area contributed by atoms with Crippen molar-refractivity contribution in [2.45, 2.75) is 12.5 Å². The Balaban J connectivity index is 2.08. The number of benzene rings is 1. The fourth-order valence-corrected chi connectivity index (χ4v) is 2.89. The lowest BCUT2D eigenvalue weighted by Gasteiger charge is -2.30. The summed E-state index contributed by atoms with van der Waals surface area (Å²) in [5.41, 5.74) is 0.411. The van der Waals surface area contributed by atoms with E-state index in [1.54, 1.807) is 7.05 Å². The SMILES string of the molecule is CN1[C@@H](C(=O)Nc2ccc(F)c(Cl)c2)CCNS1=O. The predicted octanol–water partition coefficient (Wildman–Crippen LogP) is 1.29.